The Hall–Kier alpha value is -1.82. The highest BCUT2D eigenvalue weighted by atomic mass is 35.5. The minimum atomic E-state index is -3.86. The van der Waals surface area contributed by atoms with E-state index in [-0.39, 0.29) is 15.6 Å². The lowest BCUT2D eigenvalue weighted by molar-refractivity contribution is 0.575. The summed E-state index contributed by atoms with van der Waals surface area (Å²) in [4.78, 5) is 4.57. The van der Waals surface area contributed by atoms with Crippen molar-refractivity contribution in [2.24, 2.45) is 0 Å². The van der Waals surface area contributed by atoms with Gasteiger partial charge in [-0.15, -0.1) is 0 Å². The van der Waals surface area contributed by atoms with Crippen LogP contribution in [0.1, 0.15) is 69.4 Å². The van der Waals surface area contributed by atoms with E-state index < -0.39 is 10.0 Å². The molecule has 0 unspecified atom stereocenters. The number of fused-ring (bicyclic) bond motifs is 1. The van der Waals surface area contributed by atoms with Gasteiger partial charge < -0.3 is 0 Å². The molecule has 2 aromatic carbocycles. The second kappa shape index (κ2) is 12.0. The molecule has 0 aliphatic heterocycles. The van der Waals surface area contributed by atoms with Crippen LogP contribution in [-0.2, 0) is 16.4 Å². The van der Waals surface area contributed by atoms with E-state index in [9.17, 15) is 8.42 Å². The molecular weight excluding hydrogens is 475 g/mol. The van der Waals surface area contributed by atoms with Gasteiger partial charge in [-0.3, -0.25) is 9.71 Å². The third kappa shape index (κ3) is 6.62. The first-order valence-electron chi connectivity index (χ1n) is 11.7. The Kier molecular flexibility index (Phi) is 9.42. The van der Waals surface area contributed by atoms with Crippen molar-refractivity contribution in [3.8, 4) is 0 Å². The Labute approximate surface area is 207 Å². The van der Waals surface area contributed by atoms with Crippen molar-refractivity contribution in [2.45, 2.75) is 76.5 Å². The van der Waals surface area contributed by atoms with Crippen molar-refractivity contribution in [3.63, 3.8) is 0 Å². The molecule has 0 fully saturated rings. The van der Waals surface area contributed by atoms with E-state index in [1.165, 1.54) is 51.0 Å². The van der Waals surface area contributed by atoms with Crippen molar-refractivity contribution in [3.05, 3.63) is 63.8 Å². The molecule has 0 atom stereocenters. The van der Waals surface area contributed by atoms with Gasteiger partial charge in [0.15, 0.2) is 0 Å². The first kappa shape index (κ1) is 25.8. The van der Waals surface area contributed by atoms with Gasteiger partial charge in [-0.05, 0) is 55.2 Å². The lowest BCUT2D eigenvalue weighted by atomic mass is 10.0. The Morgan fingerprint density at radius 2 is 1.61 bits per heavy atom. The number of anilines is 1. The monoisotopic (exact) mass is 506 g/mol. The van der Waals surface area contributed by atoms with Crippen LogP contribution >= 0.6 is 23.2 Å². The smallest absolute Gasteiger partial charge is 0.262 e. The topological polar surface area (TPSA) is 59.1 Å². The number of sulfonamides is 1. The van der Waals surface area contributed by atoms with Gasteiger partial charge in [0.1, 0.15) is 0 Å². The van der Waals surface area contributed by atoms with Crippen LogP contribution < -0.4 is 4.72 Å². The van der Waals surface area contributed by atoms with E-state index in [2.05, 4.69) is 16.6 Å². The molecule has 3 rings (SSSR count). The quantitative estimate of drug-likeness (QED) is 0.251. The molecule has 1 N–H and O–H groups in total. The highest BCUT2D eigenvalue weighted by Gasteiger charge is 2.22. The summed E-state index contributed by atoms with van der Waals surface area (Å²) >= 11 is 12.6. The number of halogens is 2. The van der Waals surface area contributed by atoms with E-state index in [0.717, 1.165) is 24.0 Å². The Balaban J connectivity index is 1.73. The van der Waals surface area contributed by atoms with E-state index in [0.29, 0.717) is 15.9 Å². The normalized spacial score (nSPS) is 11.8. The minimum Gasteiger partial charge on any atom is -0.276 e. The fraction of sp³-hybridized carbons (Fsp3) is 0.423. The van der Waals surface area contributed by atoms with Crippen molar-refractivity contribution in [1.29, 1.82) is 0 Å². The van der Waals surface area contributed by atoms with E-state index in [4.69, 9.17) is 23.2 Å². The third-order valence-corrected chi connectivity index (χ3v) is 8.12. The predicted molar refractivity (Wildman–Crippen MR) is 140 cm³/mol. The third-order valence-electron chi connectivity index (χ3n) is 6.02. The number of unbranched alkanes of at least 4 members (excludes halogenated alkanes) is 7. The first-order chi connectivity index (χ1) is 15.8. The summed E-state index contributed by atoms with van der Waals surface area (Å²) in [5.41, 5.74) is 2.50. The summed E-state index contributed by atoms with van der Waals surface area (Å²) in [5, 5.41) is 1.28. The molecule has 0 aliphatic carbocycles. The van der Waals surface area contributed by atoms with Gasteiger partial charge in [-0.2, -0.15) is 0 Å². The average Bonchev–Trinajstić information content (AvgIpc) is 2.79. The number of pyridine rings is 1. The summed E-state index contributed by atoms with van der Waals surface area (Å²) in [6.07, 6.45) is 12.4. The molecule has 3 aromatic rings. The van der Waals surface area contributed by atoms with E-state index in [1.807, 2.05) is 19.1 Å². The molecule has 7 heteroatoms. The molecule has 0 spiro atoms. The molecule has 178 valence electrons. The summed E-state index contributed by atoms with van der Waals surface area (Å²) in [5.74, 6) is 0. The second-order valence-corrected chi connectivity index (χ2v) is 11.0. The maximum atomic E-state index is 13.3. The van der Waals surface area contributed by atoms with Crippen LogP contribution in [0.3, 0.4) is 0 Å². The highest BCUT2D eigenvalue weighted by Crippen LogP contribution is 2.36. The summed E-state index contributed by atoms with van der Waals surface area (Å²) in [7, 11) is -3.86. The van der Waals surface area contributed by atoms with Gasteiger partial charge in [-0.1, -0.05) is 87.2 Å². The zero-order valence-electron chi connectivity index (χ0n) is 19.3. The van der Waals surface area contributed by atoms with Crippen molar-refractivity contribution in [1.82, 2.24) is 4.98 Å². The molecule has 0 radical (unpaired) electrons. The van der Waals surface area contributed by atoms with Gasteiger partial charge in [0, 0.05) is 11.6 Å². The number of rotatable bonds is 12. The number of aromatic nitrogens is 1. The fourth-order valence-corrected chi connectivity index (χ4v) is 6.13. The van der Waals surface area contributed by atoms with Gasteiger partial charge in [0.2, 0.25) is 0 Å². The molecule has 33 heavy (non-hydrogen) atoms. The van der Waals surface area contributed by atoms with Crippen LogP contribution in [0, 0.1) is 6.92 Å². The molecule has 0 saturated carbocycles. The maximum Gasteiger partial charge on any atom is 0.262 e. The molecule has 0 amide bonds. The van der Waals surface area contributed by atoms with Crippen LogP contribution in [0.5, 0.6) is 0 Å². The Morgan fingerprint density at radius 3 is 2.33 bits per heavy atom. The lowest BCUT2D eigenvalue weighted by Gasteiger charge is -2.16. The molecule has 1 aromatic heterocycles. The van der Waals surface area contributed by atoms with Crippen LogP contribution in [0.25, 0.3) is 10.9 Å². The SMILES string of the molecule is CCCCCCCCCCc1cccc(S(=O)(=O)Nc2c(Cl)cc(Cl)c3cccnc23)c1C. The second-order valence-electron chi connectivity index (χ2n) is 8.49. The molecule has 1 heterocycles. The number of nitrogens with one attached hydrogen (secondary N) is 1. The van der Waals surface area contributed by atoms with Gasteiger partial charge in [-0.25, -0.2) is 8.42 Å². The van der Waals surface area contributed by atoms with Crippen molar-refractivity contribution < 1.29 is 8.42 Å². The number of hydrogen-bond acceptors (Lipinski definition) is 3. The van der Waals surface area contributed by atoms with Gasteiger partial charge in [0.25, 0.3) is 10.0 Å². The van der Waals surface area contributed by atoms with Crippen LogP contribution in [0.15, 0.2) is 47.5 Å². The fourth-order valence-electron chi connectivity index (χ4n) is 4.13. The van der Waals surface area contributed by atoms with Crippen molar-refractivity contribution >= 4 is 49.8 Å². The number of hydrogen-bond donors (Lipinski definition) is 1. The van der Waals surface area contributed by atoms with Crippen LogP contribution in [0.4, 0.5) is 5.69 Å². The van der Waals surface area contributed by atoms with Crippen molar-refractivity contribution in [2.75, 3.05) is 4.72 Å². The van der Waals surface area contributed by atoms with Gasteiger partial charge in [0.05, 0.1) is 26.1 Å². The molecular formula is C26H32Cl2N2O2S. The largest absolute Gasteiger partial charge is 0.276 e. The summed E-state index contributed by atoms with van der Waals surface area (Å²) in [6, 6.07) is 10.5. The van der Waals surface area contributed by atoms with E-state index >= 15 is 0 Å². The van der Waals surface area contributed by atoms with Crippen LogP contribution in [-0.4, -0.2) is 13.4 Å². The number of nitrogens with zero attached hydrogens (tertiary/aromatic N) is 1. The lowest BCUT2D eigenvalue weighted by Crippen LogP contribution is -2.16. The Bertz CT molecular complexity index is 1200. The molecule has 4 nitrogen and oxygen atoms in total. The Morgan fingerprint density at radius 1 is 0.909 bits per heavy atom. The van der Waals surface area contributed by atoms with Gasteiger partial charge >= 0.3 is 0 Å². The number of aryl methyl sites for hydroxylation is 1. The molecule has 0 bridgehead atoms. The number of benzene rings is 2. The minimum absolute atomic E-state index is 0.211. The standard InChI is InChI=1S/C26H32Cl2N2O2S/c1-3-4-5-6-7-8-9-10-13-20-14-11-16-24(19(20)2)33(31,32)30-26-23(28)18-22(27)21-15-12-17-29-25(21)26/h11-12,14-18,30H,3-10,13H2,1-2H3. The van der Waals surface area contributed by atoms with Crippen LogP contribution in [0.2, 0.25) is 10.0 Å². The van der Waals surface area contributed by atoms with E-state index in [1.54, 1.807) is 24.4 Å². The highest BCUT2D eigenvalue weighted by molar-refractivity contribution is 7.92. The molecule has 0 aliphatic rings. The first-order valence-corrected chi connectivity index (χ1v) is 13.9. The zero-order chi connectivity index (χ0) is 23.8. The average molecular weight is 508 g/mol. The predicted octanol–water partition coefficient (Wildman–Crippen LogP) is 8.33. The summed E-state index contributed by atoms with van der Waals surface area (Å²) < 4.78 is 29.3. The molecule has 0 saturated heterocycles. The maximum absolute atomic E-state index is 13.3. The summed E-state index contributed by atoms with van der Waals surface area (Å²) in [6.45, 7) is 4.10. The zero-order valence-corrected chi connectivity index (χ0v) is 21.7.